The van der Waals surface area contributed by atoms with Crippen LogP contribution in [0.25, 0.3) is 0 Å². The van der Waals surface area contributed by atoms with Crippen molar-refractivity contribution >= 4 is 39.1 Å². The van der Waals surface area contributed by atoms with Crippen molar-refractivity contribution in [1.29, 1.82) is 0 Å². The van der Waals surface area contributed by atoms with Crippen LogP contribution in [0.5, 0.6) is 11.5 Å². The molecule has 5 nitrogen and oxygen atoms in total. The maximum absolute atomic E-state index is 12.5. The molecule has 4 rings (SSSR count). The standard InChI is InChI=1S/C26H19BrN2O3/c27-20-10-6-18(7-11-20)25(30)28-21-12-8-19(9-13-21)26(31)29-22-14-16-24(17-15-22)32-23-4-2-1-3-5-23/h1-17H,(H,28,30)(H,29,31). The number of rotatable bonds is 6. The molecule has 0 atom stereocenters. The third kappa shape index (κ3) is 5.62. The fourth-order valence-electron chi connectivity index (χ4n) is 2.94. The van der Waals surface area contributed by atoms with Gasteiger partial charge in [0.15, 0.2) is 0 Å². The Balaban J connectivity index is 1.34. The van der Waals surface area contributed by atoms with E-state index in [9.17, 15) is 9.59 Å². The highest BCUT2D eigenvalue weighted by Crippen LogP contribution is 2.23. The summed E-state index contributed by atoms with van der Waals surface area (Å²) in [5, 5.41) is 5.67. The van der Waals surface area contributed by atoms with Gasteiger partial charge < -0.3 is 15.4 Å². The second kappa shape index (κ2) is 9.94. The maximum atomic E-state index is 12.5. The van der Waals surface area contributed by atoms with Crippen LogP contribution in [-0.4, -0.2) is 11.8 Å². The van der Waals surface area contributed by atoms with Gasteiger partial charge in [-0.1, -0.05) is 34.1 Å². The molecule has 0 aliphatic rings. The molecular formula is C26H19BrN2O3. The Bertz CT molecular complexity index is 1210. The number of anilines is 2. The minimum atomic E-state index is -0.243. The lowest BCUT2D eigenvalue weighted by atomic mass is 10.1. The predicted molar refractivity (Wildman–Crippen MR) is 129 cm³/mol. The maximum Gasteiger partial charge on any atom is 0.255 e. The van der Waals surface area contributed by atoms with Gasteiger partial charge in [-0.25, -0.2) is 0 Å². The fraction of sp³-hybridized carbons (Fsp3) is 0. The lowest BCUT2D eigenvalue weighted by Crippen LogP contribution is -2.13. The Kier molecular flexibility index (Phi) is 6.63. The number of ether oxygens (including phenoxy) is 1. The summed E-state index contributed by atoms with van der Waals surface area (Å²) in [4.78, 5) is 24.9. The largest absolute Gasteiger partial charge is 0.457 e. The number of amides is 2. The highest BCUT2D eigenvalue weighted by Gasteiger charge is 2.09. The number of hydrogen-bond donors (Lipinski definition) is 2. The van der Waals surface area contributed by atoms with E-state index in [1.54, 1.807) is 60.7 Å². The molecule has 2 amide bonds. The van der Waals surface area contributed by atoms with E-state index in [2.05, 4.69) is 26.6 Å². The van der Waals surface area contributed by atoms with Crippen LogP contribution in [0, 0.1) is 0 Å². The van der Waals surface area contributed by atoms with E-state index in [1.165, 1.54) is 0 Å². The first kappa shape index (κ1) is 21.3. The van der Waals surface area contributed by atoms with Crippen LogP contribution >= 0.6 is 15.9 Å². The second-order valence-electron chi connectivity index (χ2n) is 6.93. The molecular weight excluding hydrogens is 468 g/mol. The van der Waals surface area contributed by atoms with Gasteiger partial charge in [0.05, 0.1) is 0 Å². The molecule has 0 radical (unpaired) electrons. The molecule has 0 unspecified atom stereocenters. The Morgan fingerprint density at radius 1 is 0.562 bits per heavy atom. The Morgan fingerprint density at radius 3 is 1.53 bits per heavy atom. The number of carbonyl (C=O) groups excluding carboxylic acids is 2. The molecule has 4 aromatic rings. The molecule has 0 aliphatic heterocycles. The van der Waals surface area contributed by atoms with Crippen molar-refractivity contribution in [1.82, 2.24) is 0 Å². The summed E-state index contributed by atoms with van der Waals surface area (Å²) < 4.78 is 6.66. The number of para-hydroxylation sites is 1. The van der Waals surface area contributed by atoms with Gasteiger partial charge in [0, 0.05) is 27.0 Å². The van der Waals surface area contributed by atoms with Crippen molar-refractivity contribution in [2.24, 2.45) is 0 Å². The molecule has 0 heterocycles. The monoisotopic (exact) mass is 486 g/mol. The van der Waals surface area contributed by atoms with Gasteiger partial charge in [-0.3, -0.25) is 9.59 Å². The lowest BCUT2D eigenvalue weighted by Gasteiger charge is -2.09. The average molecular weight is 487 g/mol. The smallest absolute Gasteiger partial charge is 0.255 e. The van der Waals surface area contributed by atoms with Gasteiger partial charge in [0.25, 0.3) is 11.8 Å². The zero-order valence-corrected chi connectivity index (χ0v) is 18.5. The number of hydrogen-bond acceptors (Lipinski definition) is 3. The Labute approximate surface area is 194 Å². The van der Waals surface area contributed by atoms with Crippen LogP contribution < -0.4 is 15.4 Å². The molecule has 0 saturated heterocycles. The number of benzene rings is 4. The van der Waals surface area contributed by atoms with Crippen LogP contribution in [0.3, 0.4) is 0 Å². The summed E-state index contributed by atoms with van der Waals surface area (Å²) in [5.41, 5.74) is 2.30. The average Bonchev–Trinajstić information content (AvgIpc) is 2.82. The molecule has 6 heteroatoms. The zero-order valence-electron chi connectivity index (χ0n) is 16.9. The Morgan fingerprint density at radius 2 is 1.00 bits per heavy atom. The number of nitrogens with one attached hydrogen (secondary N) is 2. The topological polar surface area (TPSA) is 67.4 Å². The molecule has 0 fully saturated rings. The van der Waals surface area contributed by atoms with Crippen molar-refractivity contribution in [2.75, 3.05) is 10.6 Å². The molecule has 2 N–H and O–H groups in total. The SMILES string of the molecule is O=C(Nc1ccc(C(=O)Nc2ccc(Oc3ccccc3)cc2)cc1)c1ccc(Br)cc1. The second-order valence-corrected chi connectivity index (χ2v) is 7.85. The minimum Gasteiger partial charge on any atom is -0.457 e. The molecule has 0 bridgehead atoms. The van der Waals surface area contributed by atoms with E-state index < -0.39 is 0 Å². The molecule has 4 aromatic carbocycles. The van der Waals surface area contributed by atoms with Crippen molar-refractivity contribution < 1.29 is 14.3 Å². The summed E-state index contributed by atoms with van der Waals surface area (Å²) >= 11 is 3.35. The van der Waals surface area contributed by atoms with E-state index in [0.717, 1.165) is 10.2 Å². The van der Waals surface area contributed by atoms with E-state index in [0.29, 0.717) is 28.3 Å². The van der Waals surface area contributed by atoms with E-state index in [-0.39, 0.29) is 11.8 Å². The van der Waals surface area contributed by atoms with Crippen LogP contribution in [0.15, 0.2) is 108 Å². The minimum absolute atomic E-state index is 0.215. The summed E-state index contributed by atoms with van der Waals surface area (Å²) in [6.07, 6.45) is 0. The third-order valence-corrected chi connectivity index (χ3v) is 5.13. The molecule has 32 heavy (non-hydrogen) atoms. The highest BCUT2D eigenvalue weighted by atomic mass is 79.9. The van der Waals surface area contributed by atoms with Gasteiger partial charge in [0.1, 0.15) is 11.5 Å². The number of halogens is 1. The van der Waals surface area contributed by atoms with Gasteiger partial charge in [0.2, 0.25) is 0 Å². The van der Waals surface area contributed by atoms with Crippen molar-refractivity contribution in [3.8, 4) is 11.5 Å². The molecule has 0 saturated carbocycles. The van der Waals surface area contributed by atoms with Crippen LogP contribution in [-0.2, 0) is 0 Å². The summed E-state index contributed by atoms with van der Waals surface area (Å²) in [7, 11) is 0. The normalized spacial score (nSPS) is 10.3. The van der Waals surface area contributed by atoms with Crippen molar-refractivity contribution in [3.05, 3.63) is 119 Å². The lowest BCUT2D eigenvalue weighted by molar-refractivity contribution is 0.102. The Hall–Kier alpha value is -3.90. The molecule has 0 aromatic heterocycles. The third-order valence-electron chi connectivity index (χ3n) is 4.60. The molecule has 158 valence electrons. The van der Waals surface area contributed by atoms with Crippen molar-refractivity contribution in [3.63, 3.8) is 0 Å². The summed E-state index contributed by atoms with van der Waals surface area (Å²) in [5.74, 6) is 0.969. The van der Waals surface area contributed by atoms with Gasteiger partial charge in [-0.2, -0.15) is 0 Å². The van der Waals surface area contributed by atoms with Gasteiger partial charge in [-0.15, -0.1) is 0 Å². The number of carbonyl (C=O) groups is 2. The first-order valence-corrected chi connectivity index (χ1v) is 10.7. The van der Waals surface area contributed by atoms with Gasteiger partial charge in [-0.05, 0) is 84.9 Å². The fourth-order valence-corrected chi connectivity index (χ4v) is 3.21. The van der Waals surface area contributed by atoms with Crippen LogP contribution in [0.4, 0.5) is 11.4 Å². The quantitative estimate of drug-likeness (QED) is 0.316. The molecule has 0 spiro atoms. The van der Waals surface area contributed by atoms with Crippen LogP contribution in [0.1, 0.15) is 20.7 Å². The molecule has 0 aliphatic carbocycles. The van der Waals surface area contributed by atoms with E-state index >= 15 is 0 Å². The van der Waals surface area contributed by atoms with Crippen LogP contribution in [0.2, 0.25) is 0 Å². The summed E-state index contributed by atoms with van der Waals surface area (Å²) in [6, 6.07) is 30.4. The summed E-state index contributed by atoms with van der Waals surface area (Å²) in [6.45, 7) is 0. The highest BCUT2D eigenvalue weighted by molar-refractivity contribution is 9.10. The zero-order chi connectivity index (χ0) is 22.3. The van der Waals surface area contributed by atoms with Crippen molar-refractivity contribution in [2.45, 2.75) is 0 Å². The van der Waals surface area contributed by atoms with E-state index in [4.69, 9.17) is 4.74 Å². The first-order valence-electron chi connectivity index (χ1n) is 9.88. The van der Waals surface area contributed by atoms with Gasteiger partial charge >= 0.3 is 0 Å². The predicted octanol–water partition coefficient (Wildman–Crippen LogP) is 6.75. The first-order chi connectivity index (χ1) is 15.6. The van der Waals surface area contributed by atoms with E-state index in [1.807, 2.05) is 42.5 Å².